The van der Waals surface area contributed by atoms with E-state index in [9.17, 15) is 4.79 Å². The van der Waals surface area contributed by atoms with Crippen molar-refractivity contribution in [2.75, 3.05) is 7.11 Å². The highest BCUT2D eigenvalue weighted by Gasteiger charge is 2.24. The summed E-state index contributed by atoms with van der Waals surface area (Å²) in [4.78, 5) is 12.4. The van der Waals surface area contributed by atoms with Crippen LogP contribution in [0.5, 0.6) is 5.75 Å². The first-order chi connectivity index (χ1) is 10.8. The van der Waals surface area contributed by atoms with Gasteiger partial charge in [-0.15, -0.1) is 0 Å². The highest BCUT2D eigenvalue weighted by molar-refractivity contribution is 6.00. The fourth-order valence-electron chi connectivity index (χ4n) is 3.02. The van der Waals surface area contributed by atoms with Gasteiger partial charge < -0.3 is 4.74 Å². The Bertz CT molecular complexity index is 686. The van der Waals surface area contributed by atoms with E-state index < -0.39 is 0 Å². The molecule has 22 heavy (non-hydrogen) atoms. The summed E-state index contributed by atoms with van der Waals surface area (Å²) in [7, 11) is 1.66. The van der Waals surface area contributed by atoms with Crippen molar-refractivity contribution in [3.05, 3.63) is 71.3 Å². The number of Topliss-reactive ketones (excluding diaryl/α,β-unsaturated/α-hetero) is 1. The summed E-state index contributed by atoms with van der Waals surface area (Å²) in [6.45, 7) is 0. The smallest absolute Gasteiger partial charge is 0.159 e. The maximum atomic E-state index is 12.4. The lowest BCUT2D eigenvalue weighted by Gasteiger charge is -2.23. The maximum Gasteiger partial charge on any atom is 0.159 e. The molecule has 2 aromatic carbocycles. The minimum absolute atomic E-state index is 0.267. The van der Waals surface area contributed by atoms with Gasteiger partial charge in [-0.2, -0.15) is 0 Å². The van der Waals surface area contributed by atoms with Gasteiger partial charge in [0, 0.05) is 6.42 Å². The monoisotopic (exact) mass is 292 g/mol. The first-order valence-corrected chi connectivity index (χ1v) is 7.69. The van der Waals surface area contributed by atoms with Gasteiger partial charge in [-0.25, -0.2) is 0 Å². The van der Waals surface area contributed by atoms with Crippen molar-refractivity contribution in [3.63, 3.8) is 0 Å². The molecule has 112 valence electrons. The summed E-state index contributed by atoms with van der Waals surface area (Å²) >= 11 is 0. The third-order valence-corrected chi connectivity index (χ3v) is 4.26. The molecule has 1 fully saturated rings. The Morgan fingerprint density at radius 1 is 1.09 bits per heavy atom. The summed E-state index contributed by atoms with van der Waals surface area (Å²) < 4.78 is 5.23. The topological polar surface area (TPSA) is 26.3 Å². The fourth-order valence-corrected chi connectivity index (χ4v) is 3.02. The second kappa shape index (κ2) is 6.61. The van der Waals surface area contributed by atoms with Crippen LogP contribution in [0.4, 0.5) is 0 Å². The maximum absolute atomic E-state index is 12.4. The van der Waals surface area contributed by atoms with Crippen molar-refractivity contribution in [3.8, 4) is 5.75 Å². The number of allylic oxidation sites excluding steroid dienone is 1. The zero-order valence-corrected chi connectivity index (χ0v) is 12.8. The number of ketones is 1. The van der Waals surface area contributed by atoms with E-state index in [2.05, 4.69) is 12.1 Å². The molecule has 2 heteroatoms. The molecular formula is C20H20O2. The number of carbonyl (C=O) groups excluding carboxylic acids is 1. The molecule has 0 aliphatic heterocycles. The van der Waals surface area contributed by atoms with Crippen LogP contribution in [0.1, 0.15) is 36.3 Å². The van der Waals surface area contributed by atoms with E-state index in [1.165, 1.54) is 5.56 Å². The van der Waals surface area contributed by atoms with E-state index in [0.29, 0.717) is 12.3 Å². The van der Waals surface area contributed by atoms with Gasteiger partial charge in [0.1, 0.15) is 5.75 Å². The lowest BCUT2D eigenvalue weighted by Crippen LogP contribution is -2.16. The zero-order valence-electron chi connectivity index (χ0n) is 12.8. The molecule has 0 N–H and O–H groups in total. The van der Waals surface area contributed by atoms with Gasteiger partial charge in [0.25, 0.3) is 0 Å². The highest BCUT2D eigenvalue weighted by Crippen LogP contribution is 2.34. The molecule has 0 radical (unpaired) electrons. The summed E-state index contributed by atoms with van der Waals surface area (Å²) in [6, 6.07) is 18.2. The van der Waals surface area contributed by atoms with E-state index in [-0.39, 0.29) is 5.78 Å². The first-order valence-electron chi connectivity index (χ1n) is 7.69. The average Bonchev–Trinajstić information content (AvgIpc) is 2.58. The number of rotatable bonds is 3. The molecule has 0 heterocycles. The van der Waals surface area contributed by atoms with Crippen LogP contribution < -0.4 is 4.74 Å². The number of hydrogen-bond donors (Lipinski definition) is 0. The predicted molar refractivity (Wildman–Crippen MR) is 89.0 cm³/mol. The van der Waals surface area contributed by atoms with Crippen molar-refractivity contribution >= 4 is 11.9 Å². The highest BCUT2D eigenvalue weighted by atomic mass is 16.5. The Kier molecular flexibility index (Phi) is 4.38. The predicted octanol–water partition coefficient (Wildman–Crippen LogP) is 4.62. The van der Waals surface area contributed by atoms with Crippen molar-refractivity contribution in [2.24, 2.45) is 0 Å². The Morgan fingerprint density at radius 3 is 2.64 bits per heavy atom. The van der Waals surface area contributed by atoms with E-state index in [1.807, 2.05) is 48.5 Å². The molecule has 3 rings (SSSR count). The standard InChI is InChI=1S/C20H20O2/c1-22-19-9-5-6-15(13-19)12-18-11-10-17(14-20(18)21)16-7-3-2-4-8-16/h2-9,12-13,17H,10-11,14H2,1H3/b18-12-. The van der Waals surface area contributed by atoms with Gasteiger partial charge in [0.2, 0.25) is 0 Å². The summed E-state index contributed by atoms with van der Waals surface area (Å²) in [5, 5.41) is 0. The molecule has 0 spiro atoms. The third kappa shape index (κ3) is 3.28. The lowest BCUT2D eigenvalue weighted by atomic mass is 9.80. The number of carbonyl (C=O) groups is 1. The van der Waals surface area contributed by atoms with Gasteiger partial charge in [0.05, 0.1) is 7.11 Å². The zero-order chi connectivity index (χ0) is 15.4. The summed E-state index contributed by atoms with van der Waals surface area (Å²) in [5.41, 5.74) is 3.23. The molecule has 0 saturated heterocycles. The number of ether oxygens (including phenoxy) is 1. The minimum atomic E-state index is 0.267. The van der Waals surface area contributed by atoms with Crippen molar-refractivity contribution in [2.45, 2.75) is 25.2 Å². The van der Waals surface area contributed by atoms with Crippen molar-refractivity contribution < 1.29 is 9.53 Å². The Balaban J connectivity index is 1.75. The van der Waals surface area contributed by atoms with Crippen LogP contribution in [0.15, 0.2) is 60.2 Å². The third-order valence-electron chi connectivity index (χ3n) is 4.26. The normalized spacial score (nSPS) is 20.1. The molecule has 1 unspecified atom stereocenters. The molecule has 1 atom stereocenters. The fraction of sp³-hybridized carbons (Fsp3) is 0.250. The molecule has 0 bridgehead atoms. The minimum Gasteiger partial charge on any atom is -0.497 e. The van der Waals surface area contributed by atoms with E-state index >= 15 is 0 Å². The van der Waals surface area contributed by atoms with Crippen molar-refractivity contribution in [1.82, 2.24) is 0 Å². The Labute approximate surface area is 131 Å². The van der Waals surface area contributed by atoms with Gasteiger partial charge in [0.15, 0.2) is 5.78 Å². The van der Waals surface area contributed by atoms with E-state index in [4.69, 9.17) is 4.74 Å². The van der Waals surface area contributed by atoms with Gasteiger partial charge in [-0.1, -0.05) is 42.5 Å². The molecule has 0 aromatic heterocycles. The quantitative estimate of drug-likeness (QED) is 0.772. The van der Waals surface area contributed by atoms with Crippen LogP contribution in [-0.2, 0) is 4.79 Å². The number of hydrogen-bond acceptors (Lipinski definition) is 2. The molecule has 1 aliphatic rings. The van der Waals surface area contributed by atoms with Gasteiger partial charge in [-0.3, -0.25) is 4.79 Å². The van der Waals surface area contributed by atoms with Crippen LogP contribution in [0.25, 0.3) is 6.08 Å². The molecular weight excluding hydrogens is 272 g/mol. The first kappa shape index (κ1) is 14.6. The number of benzene rings is 2. The van der Waals surface area contributed by atoms with Gasteiger partial charge >= 0.3 is 0 Å². The lowest BCUT2D eigenvalue weighted by molar-refractivity contribution is -0.116. The Hall–Kier alpha value is -2.35. The van der Waals surface area contributed by atoms with Crippen LogP contribution in [0.3, 0.4) is 0 Å². The largest absolute Gasteiger partial charge is 0.497 e. The molecule has 1 aliphatic carbocycles. The summed E-state index contributed by atoms with van der Waals surface area (Å²) in [6.07, 6.45) is 4.49. The van der Waals surface area contributed by atoms with Gasteiger partial charge in [-0.05, 0) is 53.7 Å². The molecule has 2 nitrogen and oxygen atoms in total. The summed E-state index contributed by atoms with van der Waals surface area (Å²) in [5.74, 6) is 1.44. The second-order valence-electron chi connectivity index (χ2n) is 5.72. The SMILES string of the molecule is COc1cccc(/C=C2/CCC(c3ccccc3)CC2=O)c1. The van der Waals surface area contributed by atoms with Crippen molar-refractivity contribution in [1.29, 1.82) is 0 Å². The average molecular weight is 292 g/mol. The Morgan fingerprint density at radius 2 is 1.91 bits per heavy atom. The second-order valence-corrected chi connectivity index (χ2v) is 5.72. The molecule has 2 aromatic rings. The number of methoxy groups -OCH3 is 1. The van der Waals surface area contributed by atoms with Crippen LogP contribution >= 0.6 is 0 Å². The van der Waals surface area contributed by atoms with Crippen LogP contribution in [0, 0.1) is 0 Å². The van der Waals surface area contributed by atoms with E-state index in [0.717, 1.165) is 29.7 Å². The van der Waals surface area contributed by atoms with Crippen LogP contribution in [0.2, 0.25) is 0 Å². The molecule has 1 saturated carbocycles. The van der Waals surface area contributed by atoms with E-state index in [1.54, 1.807) is 7.11 Å². The molecule has 0 amide bonds. The van der Waals surface area contributed by atoms with Crippen LogP contribution in [-0.4, -0.2) is 12.9 Å².